The summed E-state index contributed by atoms with van der Waals surface area (Å²) in [5.41, 5.74) is 1.97. The normalized spacial score (nSPS) is 10.5. The molecule has 0 aliphatic rings. The fourth-order valence-electron chi connectivity index (χ4n) is 1.13. The van der Waals surface area contributed by atoms with Crippen molar-refractivity contribution in [1.82, 2.24) is 4.98 Å². The van der Waals surface area contributed by atoms with Crippen LogP contribution in [0.15, 0.2) is 5.03 Å². The molecule has 0 N–H and O–H groups in total. The van der Waals surface area contributed by atoms with Gasteiger partial charge in [-0.2, -0.15) is 0 Å². The fraction of sp³-hybridized carbons (Fsp3) is 0.444. The highest BCUT2D eigenvalue weighted by molar-refractivity contribution is 7.98. The van der Waals surface area contributed by atoms with E-state index in [2.05, 4.69) is 11.9 Å². The van der Waals surface area contributed by atoms with Crippen LogP contribution in [0, 0.1) is 6.92 Å². The Balaban J connectivity index is 3.39. The summed E-state index contributed by atoms with van der Waals surface area (Å²) >= 11 is 13.6. The smallest absolute Gasteiger partial charge is 0.134 e. The zero-order valence-electron chi connectivity index (χ0n) is 7.82. The van der Waals surface area contributed by atoms with Crippen molar-refractivity contribution < 1.29 is 0 Å². The maximum Gasteiger partial charge on any atom is 0.134 e. The Morgan fingerprint density at radius 2 is 2.00 bits per heavy atom. The minimum atomic E-state index is 0.506. The van der Waals surface area contributed by atoms with Crippen molar-refractivity contribution in [3.63, 3.8) is 0 Å². The summed E-state index contributed by atoms with van der Waals surface area (Å²) in [6.07, 6.45) is 2.86. The molecule has 0 aliphatic carbocycles. The lowest BCUT2D eigenvalue weighted by molar-refractivity contribution is 0.984. The van der Waals surface area contributed by atoms with E-state index >= 15 is 0 Å². The first-order chi connectivity index (χ1) is 6.11. The third kappa shape index (κ3) is 2.12. The number of aromatic nitrogens is 1. The Bertz CT molecular complexity index is 326. The maximum atomic E-state index is 6.14. The highest BCUT2D eigenvalue weighted by Gasteiger charge is 2.12. The summed E-state index contributed by atoms with van der Waals surface area (Å²) in [4.78, 5) is 4.27. The Labute approximate surface area is 92.8 Å². The standard InChI is InChI=1S/C9H11Cl2NS/c1-4-6-7(10)5(2)8(11)12-9(6)13-3/h4H2,1-3H3. The van der Waals surface area contributed by atoms with Gasteiger partial charge < -0.3 is 0 Å². The van der Waals surface area contributed by atoms with Crippen LogP contribution in [0.2, 0.25) is 10.2 Å². The third-order valence-electron chi connectivity index (χ3n) is 1.91. The molecule has 0 amide bonds. The number of hydrogen-bond acceptors (Lipinski definition) is 2. The number of nitrogens with zero attached hydrogens (tertiary/aromatic N) is 1. The average Bonchev–Trinajstić information content (AvgIpc) is 2.13. The first-order valence-corrected chi connectivity index (χ1v) is 5.98. The molecular formula is C9H11Cl2NS. The van der Waals surface area contributed by atoms with E-state index in [1.54, 1.807) is 11.8 Å². The molecule has 0 saturated heterocycles. The van der Waals surface area contributed by atoms with Gasteiger partial charge in [0, 0.05) is 11.1 Å². The second kappa shape index (κ2) is 4.54. The van der Waals surface area contributed by atoms with E-state index in [4.69, 9.17) is 23.2 Å². The Morgan fingerprint density at radius 1 is 1.38 bits per heavy atom. The van der Waals surface area contributed by atoms with Crippen LogP contribution in [-0.2, 0) is 6.42 Å². The molecular weight excluding hydrogens is 225 g/mol. The van der Waals surface area contributed by atoms with Crippen molar-refractivity contribution in [2.75, 3.05) is 6.26 Å². The van der Waals surface area contributed by atoms with Gasteiger partial charge in [-0.15, -0.1) is 11.8 Å². The second-order valence-electron chi connectivity index (χ2n) is 2.68. The lowest BCUT2D eigenvalue weighted by atomic mass is 10.2. The van der Waals surface area contributed by atoms with Crippen molar-refractivity contribution in [2.45, 2.75) is 25.3 Å². The van der Waals surface area contributed by atoms with Gasteiger partial charge >= 0.3 is 0 Å². The third-order valence-corrected chi connectivity index (χ3v) is 3.51. The minimum Gasteiger partial charge on any atom is -0.229 e. The molecule has 1 aromatic rings. The lowest BCUT2D eigenvalue weighted by Crippen LogP contribution is -1.95. The molecule has 0 fully saturated rings. The van der Waals surface area contributed by atoms with Gasteiger partial charge in [0.25, 0.3) is 0 Å². The number of rotatable bonds is 2. The molecule has 72 valence electrons. The van der Waals surface area contributed by atoms with Crippen molar-refractivity contribution in [3.8, 4) is 0 Å². The van der Waals surface area contributed by atoms with Crippen LogP contribution >= 0.6 is 35.0 Å². The predicted molar refractivity (Wildman–Crippen MR) is 60.2 cm³/mol. The summed E-state index contributed by atoms with van der Waals surface area (Å²) in [7, 11) is 0. The summed E-state index contributed by atoms with van der Waals surface area (Å²) < 4.78 is 0. The molecule has 0 bridgehead atoms. The maximum absolute atomic E-state index is 6.14. The molecule has 0 radical (unpaired) electrons. The van der Waals surface area contributed by atoms with Crippen molar-refractivity contribution in [2.24, 2.45) is 0 Å². The van der Waals surface area contributed by atoms with E-state index in [-0.39, 0.29) is 0 Å². The number of halogens is 2. The second-order valence-corrected chi connectivity index (χ2v) is 4.21. The van der Waals surface area contributed by atoms with Gasteiger partial charge in [-0.1, -0.05) is 30.1 Å². The van der Waals surface area contributed by atoms with Gasteiger partial charge in [0.05, 0.1) is 5.02 Å². The van der Waals surface area contributed by atoms with E-state index in [1.165, 1.54) is 0 Å². The van der Waals surface area contributed by atoms with Crippen LogP contribution in [-0.4, -0.2) is 11.2 Å². The summed E-state index contributed by atoms with van der Waals surface area (Å²) in [6, 6.07) is 0. The van der Waals surface area contributed by atoms with E-state index in [0.29, 0.717) is 5.15 Å². The Morgan fingerprint density at radius 3 is 2.46 bits per heavy atom. The molecule has 0 saturated carbocycles. The summed E-state index contributed by atoms with van der Waals surface area (Å²) in [5.74, 6) is 0. The molecule has 1 rings (SSSR count). The highest BCUT2D eigenvalue weighted by Crippen LogP contribution is 2.32. The van der Waals surface area contributed by atoms with E-state index < -0.39 is 0 Å². The van der Waals surface area contributed by atoms with Crippen LogP contribution in [0.25, 0.3) is 0 Å². The molecule has 4 heteroatoms. The molecule has 0 atom stereocenters. The van der Waals surface area contributed by atoms with Crippen molar-refractivity contribution in [3.05, 3.63) is 21.3 Å². The van der Waals surface area contributed by atoms with Gasteiger partial charge in [0.2, 0.25) is 0 Å². The van der Waals surface area contributed by atoms with Crippen LogP contribution < -0.4 is 0 Å². The Hall–Kier alpha value is 0.0800. The zero-order chi connectivity index (χ0) is 10.0. The molecule has 0 unspecified atom stereocenters. The largest absolute Gasteiger partial charge is 0.229 e. The Kier molecular flexibility index (Phi) is 3.89. The van der Waals surface area contributed by atoms with Gasteiger partial charge in [0.15, 0.2) is 0 Å². The lowest BCUT2D eigenvalue weighted by Gasteiger charge is -2.10. The van der Waals surface area contributed by atoms with E-state index in [9.17, 15) is 0 Å². The monoisotopic (exact) mass is 235 g/mol. The van der Waals surface area contributed by atoms with Gasteiger partial charge in [0.1, 0.15) is 10.2 Å². The summed E-state index contributed by atoms with van der Waals surface area (Å²) in [5, 5.41) is 2.20. The van der Waals surface area contributed by atoms with E-state index in [0.717, 1.165) is 27.6 Å². The molecule has 0 spiro atoms. The first-order valence-electron chi connectivity index (χ1n) is 4.00. The van der Waals surface area contributed by atoms with Crippen LogP contribution in [0.1, 0.15) is 18.1 Å². The zero-order valence-corrected chi connectivity index (χ0v) is 10.1. The van der Waals surface area contributed by atoms with Gasteiger partial charge in [-0.3, -0.25) is 0 Å². The van der Waals surface area contributed by atoms with E-state index in [1.807, 2.05) is 13.2 Å². The predicted octanol–water partition coefficient (Wildman–Crippen LogP) is 3.98. The molecule has 1 heterocycles. The highest BCUT2D eigenvalue weighted by atomic mass is 35.5. The van der Waals surface area contributed by atoms with Crippen molar-refractivity contribution in [1.29, 1.82) is 0 Å². The van der Waals surface area contributed by atoms with Gasteiger partial charge in [-0.05, 0) is 19.6 Å². The molecule has 1 nitrogen and oxygen atoms in total. The number of pyridine rings is 1. The van der Waals surface area contributed by atoms with Crippen LogP contribution in [0.5, 0.6) is 0 Å². The first kappa shape index (κ1) is 11.2. The molecule has 0 aromatic carbocycles. The van der Waals surface area contributed by atoms with Crippen LogP contribution in [0.4, 0.5) is 0 Å². The molecule has 1 aromatic heterocycles. The topological polar surface area (TPSA) is 12.9 Å². The fourth-order valence-corrected chi connectivity index (χ4v) is 2.45. The summed E-state index contributed by atoms with van der Waals surface area (Å²) in [6.45, 7) is 3.96. The van der Waals surface area contributed by atoms with Gasteiger partial charge in [-0.25, -0.2) is 4.98 Å². The molecule has 0 aliphatic heterocycles. The quantitative estimate of drug-likeness (QED) is 0.569. The average molecular weight is 236 g/mol. The SMILES string of the molecule is CCc1c(SC)nc(Cl)c(C)c1Cl. The number of thioether (sulfide) groups is 1. The molecule has 13 heavy (non-hydrogen) atoms. The number of hydrogen-bond donors (Lipinski definition) is 0. The minimum absolute atomic E-state index is 0.506. The van der Waals surface area contributed by atoms with Crippen LogP contribution in [0.3, 0.4) is 0 Å². The van der Waals surface area contributed by atoms with Crippen molar-refractivity contribution >= 4 is 35.0 Å².